The Morgan fingerprint density at radius 3 is 2.08 bits per heavy atom. The molecule has 0 saturated heterocycles. The van der Waals surface area contributed by atoms with Gasteiger partial charge in [-0.25, -0.2) is 13.8 Å². The van der Waals surface area contributed by atoms with Gasteiger partial charge in [-0.05, 0) is 55.9 Å². The smallest absolute Gasteiger partial charge is 0.407 e. The highest BCUT2D eigenvalue weighted by molar-refractivity contribution is 7.79. The third-order valence-electron chi connectivity index (χ3n) is 5.81. The van der Waals surface area contributed by atoms with Gasteiger partial charge in [-0.2, -0.15) is 0 Å². The molecule has 2 aromatic carbocycles. The highest BCUT2D eigenvalue weighted by Crippen LogP contribution is 2.44. The van der Waals surface area contributed by atoms with Crippen molar-refractivity contribution < 1.29 is 37.7 Å². The van der Waals surface area contributed by atoms with Crippen molar-refractivity contribution in [2.75, 3.05) is 6.61 Å². The molecular formula is C26H31NO8S. The Balaban J connectivity index is 1.60. The summed E-state index contributed by atoms with van der Waals surface area (Å²) in [6, 6.07) is 14.2. The number of carbonyl (C=O) groups is 3. The van der Waals surface area contributed by atoms with Crippen molar-refractivity contribution in [3.63, 3.8) is 0 Å². The molecule has 1 aliphatic carbocycles. The number of carboxylic acids is 1. The number of carboxylic acid groups (broad SMARTS) is 1. The predicted molar refractivity (Wildman–Crippen MR) is 134 cm³/mol. The van der Waals surface area contributed by atoms with E-state index < -0.39 is 46.0 Å². The van der Waals surface area contributed by atoms with Gasteiger partial charge in [0, 0.05) is 12.3 Å². The van der Waals surface area contributed by atoms with Crippen molar-refractivity contribution in [1.29, 1.82) is 0 Å². The van der Waals surface area contributed by atoms with Crippen LogP contribution in [-0.4, -0.2) is 55.4 Å². The molecule has 3 rings (SSSR count). The van der Waals surface area contributed by atoms with Crippen LogP contribution in [0.5, 0.6) is 0 Å². The zero-order valence-corrected chi connectivity index (χ0v) is 21.2. The molecule has 3 atom stereocenters. The number of fused-ring (bicyclic) bond motifs is 3. The molecule has 194 valence electrons. The van der Waals surface area contributed by atoms with Gasteiger partial charge >= 0.3 is 18.0 Å². The summed E-state index contributed by atoms with van der Waals surface area (Å²) in [5, 5.41) is 10.8. The highest BCUT2D eigenvalue weighted by atomic mass is 32.2. The maximum atomic E-state index is 12.5. The first kappa shape index (κ1) is 27.3. The van der Waals surface area contributed by atoms with E-state index in [1.807, 2.05) is 48.5 Å². The van der Waals surface area contributed by atoms with Crippen LogP contribution >= 0.6 is 0 Å². The quantitative estimate of drug-likeness (QED) is 0.316. The molecule has 2 unspecified atom stereocenters. The molecular weight excluding hydrogens is 486 g/mol. The van der Waals surface area contributed by atoms with Crippen molar-refractivity contribution in [2.45, 2.75) is 62.8 Å². The van der Waals surface area contributed by atoms with Crippen LogP contribution in [0.1, 0.15) is 57.1 Å². The van der Waals surface area contributed by atoms with E-state index in [0.29, 0.717) is 0 Å². The number of aliphatic carboxylic acids is 1. The number of rotatable bonds is 10. The Morgan fingerprint density at radius 2 is 1.58 bits per heavy atom. The molecule has 10 heteroatoms. The zero-order valence-electron chi connectivity index (χ0n) is 20.4. The van der Waals surface area contributed by atoms with Crippen molar-refractivity contribution in [1.82, 2.24) is 5.32 Å². The van der Waals surface area contributed by atoms with Gasteiger partial charge in [0.15, 0.2) is 11.1 Å². The summed E-state index contributed by atoms with van der Waals surface area (Å²) in [4.78, 5) is 36.2. The maximum Gasteiger partial charge on any atom is 0.407 e. The van der Waals surface area contributed by atoms with Crippen LogP contribution in [0.4, 0.5) is 4.79 Å². The fraction of sp³-hybridized carbons (Fsp3) is 0.423. The van der Waals surface area contributed by atoms with Crippen molar-refractivity contribution in [3.05, 3.63) is 59.7 Å². The number of esters is 1. The fourth-order valence-corrected chi connectivity index (χ4v) is 4.92. The summed E-state index contributed by atoms with van der Waals surface area (Å²) in [7, 11) is 0. The Hall–Kier alpha value is -3.24. The average molecular weight is 518 g/mol. The molecule has 0 bridgehead atoms. The molecule has 2 aromatic rings. The minimum atomic E-state index is -2.41. The van der Waals surface area contributed by atoms with Crippen LogP contribution in [0.3, 0.4) is 0 Å². The summed E-state index contributed by atoms with van der Waals surface area (Å²) in [6.45, 7) is 5.10. The molecule has 0 spiro atoms. The van der Waals surface area contributed by atoms with Gasteiger partial charge in [0.25, 0.3) is 0 Å². The third kappa shape index (κ3) is 7.14. The molecule has 36 heavy (non-hydrogen) atoms. The maximum absolute atomic E-state index is 12.5. The van der Waals surface area contributed by atoms with Crippen LogP contribution in [0.15, 0.2) is 48.5 Å². The summed E-state index contributed by atoms with van der Waals surface area (Å²) in [6.07, 6.45) is -1.54. The van der Waals surface area contributed by atoms with Gasteiger partial charge < -0.3 is 24.4 Å². The van der Waals surface area contributed by atoms with E-state index in [1.165, 1.54) is 0 Å². The van der Waals surface area contributed by atoms with Crippen LogP contribution in [0.25, 0.3) is 11.1 Å². The van der Waals surface area contributed by atoms with Gasteiger partial charge in [-0.15, -0.1) is 0 Å². The molecule has 3 N–H and O–H groups in total. The van der Waals surface area contributed by atoms with Gasteiger partial charge in [0.1, 0.15) is 18.2 Å². The Labute approximate surface area is 212 Å². The lowest BCUT2D eigenvalue weighted by Gasteiger charge is -2.22. The minimum Gasteiger partial charge on any atom is -0.480 e. The Kier molecular flexibility index (Phi) is 8.86. The van der Waals surface area contributed by atoms with Gasteiger partial charge in [0.2, 0.25) is 0 Å². The lowest BCUT2D eigenvalue weighted by atomic mass is 9.98. The number of amides is 1. The van der Waals surface area contributed by atoms with Crippen LogP contribution in [-0.2, 0) is 30.1 Å². The number of carbonyl (C=O) groups excluding carboxylic acids is 2. The van der Waals surface area contributed by atoms with E-state index in [2.05, 4.69) is 5.32 Å². The van der Waals surface area contributed by atoms with Crippen LogP contribution < -0.4 is 5.32 Å². The van der Waals surface area contributed by atoms with Crippen molar-refractivity contribution in [2.24, 2.45) is 0 Å². The second kappa shape index (κ2) is 11.7. The molecule has 0 aromatic heterocycles. The molecule has 9 nitrogen and oxygen atoms in total. The van der Waals surface area contributed by atoms with E-state index in [1.54, 1.807) is 20.8 Å². The van der Waals surface area contributed by atoms with E-state index >= 15 is 0 Å². The van der Waals surface area contributed by atoms with Gasteiger partial charge in [0.05, 0.1) is 5.25 Å². The molecule has 0 fully saturated rings. The average Bonchev–Trinajstić information content (AvgIpc) is 3.12. The molecule has 1 amide bonds. The van der Waals surface area contributed by atoms with Crippen LogP contribution in [0, 0.1) is 0 Å². The topological polar surface area (TPSA) is 139 Å². The number of nitrogens with one attached hydrogen (secondary N) is 1. The first-order chi connectivity index (χ1) is 17.0. The second-order valence-electron chi connectivity index (χ2n) is 9.62. The fourth-order valence-electron chi connectivity index (χ4n) is 4.24. The van der Waals surface area contributed by atoms with Gasteiger partial charge in [-0.1, -0.05) is 48.5 Å². The molecule has 0 aliphatic heterocycles. The van der Waals surface area contributed by atoms with Gasteiger partial charge in [-0.3, -0.25) is 4.79 Å². The normalized spacial score (nSPS) is 15.2. The monoisotopic (exact) mass is 517 g/mol. The third-order valence-corrected chi connectivity index (χ3v) is 6.81. The summed E-state index contributed by atoms with van der Waals surface area (Å²) >= 11 is -2.41. The highest BCUT2D eigenvalue weighted by Gasteiger charge is 2.31. The Morgan fingerprint density at radius 1 is 1.03 bits per heavy atom. The lowest BCUT2D eigenvalue weighted by molar-refractivity contribution is -0.154. The second-order valence-corrected chi connectivity index (χ2v) is 10.8. The number of benzene rings is 2. The molecule has 0 radical (unpaired) electrons. The summed E-state index contributed by atoms with van der Waals surface area (Å²) < 4.78 is 32.0. The van der Waals surface area contributed by atoms with E-state index in [0.717, 1.165) is 22.3 Å². The number of alkyl carbamates (subject to hydrolysis) is 1. The molecule has 0 saturated carbocycles. The number of hydrogen-bond donors (Lipinski definition) is 3. The largest absolute Gasteiger partial charge is 0.480 e. The van der Waals surface area contributed by atoms with Crippen molar-refractivity contribution in [3.8, 4) is 11.1 Å². The SMILES string of the molecule is CC(C)(C)OC(=O)CCC(C[C@@H](NC(=O)OCC1c2ccccc2-c2ccccc21)C(=O)O)S(=O)O. The van der Waals surface area contributed by atoms with Crippen LogP contribution in [0.2, 0.25) is 0 Å². The standard InChI is InChI=1S/C26H31NO8S/c1-26(2,3)35-23(28)13-12-16(36(32)33)14-22(24(29)30)27-25(31)34-15-21-19-10-6-4-8-17(19)18-9-5-7-11-20(18)21/h4-11,16,21-22H,12-15H2,1-3H3,(H,27,31)(H,29,30)(H,32,33)/t16?,22-/m1/s1. The summed E-state index contributed by atoms with van der Waals surface area (Å²) in [5.41, 5.74) is 3.44. The van der Waals surface area contributed by atoms with E-state index in [9.17, 15) is 28.3 Å². The molecule has 1 aliphatic rings. The number of hydrogen-bond acceptors (Lipinski definition) is 6. The lowest BCUT2D eigenvalue weighted by Crippen LogP contribution is -2.44. The number of ether oxygens (including phenoxy) is 2. The summed E-state index contributed by atoms with van der Waals surface area (Å²) in [5.74, 6) is -2.14. The zero-order chi connectivity index (χ0) is 26.5. The van der Waals surface area contributed by atoms with E-state index in [-0.39, 0.29) is 31.8 Å². The van der Waals surface area contributed by atoms with E-state index in [4.69, 9.17) is 9.47 Å². The van der Waals surface area contributed by atoms with Crippen molar-refractivity contribution >= 4 is 29.1 Å². The first-order valence-electron chi connectivity index (χ1n) is 11.6. The first-order valence-corrected chi connectivity index (χ1v) is 12.8. The molecule has 0 heterocycles. The predicted octanol–water partition coefficient (Wildman–Crippen LogP) is 4.08. The Bertz CT molecular complexity index is 1100. The minimum absolute atomic E-state index is 0.000200.